The average molecular weight is 350 g/mol. The van der Waals surface area contributed by atoms with Gasteiger partial charge in [-0.15, -0.1) is 0 Å². The Bertz CT molecular complexity index is 391. The van der Waals surface area contributed by atoms with Crippen LogP contribution in [-0.2, 0) is 0 Å². The summed E-state index contributed by atoms with van der Waals surface area (Å²) in [6, 6.07) is 0.512. The molecule has 0 heterocycles. The molecule has 0 spiro atoms. The predicted octanol–water partition coefficient (Wildman–Crippen LogP) is 7.93. The molecule has 148 valence electrons. The highest BCUT2D eigenvalue weighted by Crippen LogP contribution is 2.48. The van der Waals surface area contributed by atoms with E-state index in [0.29, 0.717) is 17.4 Å². The molecule has 1 nitrogen and oxygen atoms in total. The minimum Gasteiger partial charge on any atom is -0.290 e. The molecule has 0 saturated heterocycles. The topological polar surface area (TPSA) is 12.4 Å². The third-order valence-electron chi connectivity index (χ3n) is 7.46. The van der Waals surface area contributed by atoms with E-state index in [1.165, 1.54) is 63.5 Å². The molecule has 1 heteroatoms. The summed E-state index contributed by atoms with van der Waals surface area (Å²) in [4.78, 5) is 5.50. The van der Waals surface area contributed by atoms with Gasteiger partial charge in [-0.3, -0.25) is 4.99 Å². The van der Waals surface area contributed by atoms with E-state index < -0.39 is 0 Å². The van der Waals surface area contributed by atoms with Crippen molar-refractivity contribution in [2.24, 2.45) is 34.1 Å². The summed E-state index contributed by atoms with van der Waals surface area (Å²) in [7, 11) is 0. The van der Waals surface area contributed by atoms with Crippen molar-refractivity contribution >= 4 is 5.71 Å². The van der Waals surface area contributed by atoms with Crippen molar-refractivity contribution in [3.63, 3.8) is 0 Å². The Hall–Kier alpha value is -0.330. The normalized spacial score (nSPS) is 23.3. The van der Waals surface area contributed by atoms with Crippen LogP contribution in [0.2, 0.25) is 0 Å². The highest BCUT2D eigenvalue weighted by molar-refractivity contribution is 5.82. The van der Waals surface area contributed by atoms with Crippen LogP contribution in [0.15, 0.2) is 4.99 Å². The van der Waals surface area contributed by atoms with E-state index in [2.05, 4.69) is 55.4 Å². The Kier molecular flexibility index (Phi) is 9.75. The van der Waals surface area contributed by atoms with E-state index in [0.717, 1.165) is 17.8 Å². The van der Waals surface area contributed by atoms with Gasteiger partial charge in [-0.05, 0) is 55.3 Å². The smallest absolute Gasteiger partial charge is 0.0585 e. The monoisotopic (exact) mass is 349 g/mol. The van der Waals surface area contributed by atoms with Crippen molar-refractivity contribution in [2.75, 3.05) is 0 Å². The lowest BCUT2D eigenvalue weighted by atomic mass is 9.59. The Balaban J connectivity index is 3.19. The largest absolute Gasteiger partial charge is 0.290 e. The number of nitrogens with zero attached hydrogens (tertiary/aromatic N) is 1. The van der Waals surface area contributed by atoms with Crippen molar-refractivity contribution in [2.45, 2.75) is 119 Å². The Labute approximate surface area is 159 Å². The SMILES string of the molecule is CCCC(C)C(C)(C(C)C)[C@@H](/N=C(\C)C[C@H](C)CC)C1CCCCC1. The molecular weight excluding hydrogens is 302 g/mol. The zero-order valence-corrected chi connectivity index (χ0v) is 18.7. The van der Waals surface area contributed by atoms with Gasteiger partial charge in [0.2, 0.25) is 0 Å². The fraction of sp³-hybridized carbons (Fsp3) is 0.958. The van der Waals surface area contributed by atoms with E-state index in [4.69, 9.17) is 4.99 Å². The molecular formula is C24H47N. The molecule has 0 radical (unpaired) electrons. The molecule has 0 aromatic carbocycles. The van der Waals surface area contributed by atoms with Crippen LogP contribution in [0.5, 0.6) is 0 Å². The van der Waals surface area contributed by atoms with Crippen LogP contribution in [0.1, 0.15) is 113 Å². The summed E-state index contributed by atoms with van der Waals surface area (Å²) in [5.74, 6) is 2.98. The van der Waals surface area contributed by atoms with Gasteiger partial charge in [0.15, 0.2) is 0 Å². The lowest BCUT2D eigenvalue weighted by Crippen LogP contribution is -2.46. The number of rotatable bonds is 10. The fourth-order valence-corrected chi connectivity index (χ4v) is 5.09. The molecule has 1 rings (SSSR count). The van der Waals surface area contributed by atoms with E-state index in [1.54, 1.807) is 0 Å². The third kappa shape index (κ3) is 6.10. The van der Waals surface area contributed by atoms with Gasteiger partial charge in [0.1, 0.15) is 0 Å². The first-order valence-corrected chi connectivity index (χ1v) is 11.3. The van der Waals surface area contributed by atoms with Gasteiger partial charge in [-0.1, -0.05) is 87.0 Å². The number of hydrogen-bond acceptors (Lipinski definition) is 1. The van der Waals surface area contributed by atoms with Gasteiger partial charge in [-0.2, -0.15) is 0 Å². The maximum Gasteiger partial charge on any atom is 0.0585 e. The van der Waals surface area contributed by atoms with Crippen LogP contribution >= 0.6 is 0 Å². The second-order valence-electron chi connectivity index (χ2n) is 9.64. The van der Waals surface area contributed by atoms with Gasteiger partial charge >= 0.3 is 0 Å². The zero-order valence-electron chi connectivity index (χ0n) is 18.7. The first-order valence-electron chi connectivity index (χ1n) is 11.3. The molecule has 1 fully saturated rings. The van der Waals surface area contributed by atoms with Crippen LogP contribution in [0.25, 0.3) is 0 Å². The standard InChI is InChI=1S/C24H47N/c1-9-14-20(6)24(8,18(3)4)23(22-15-12-11-13-16-22)25-21(7)17-19(5)10-2/h18-20,22-23H,9-17H2,1-8H3/b25-21+/t19-,20?,23+,24?/m1/s1. The van der Waals surface area contributed by atoms with Gasteiger partial charge in [-0.25, -0.2) is 0 Å². The summed E-state index contributed by atoms with van der Waals surface area (Å²) >= 11 is 0. The maximum absolute atomic E-state index is 5.50. The highest BCUT2D eigenvalue weighted by Gasteiger charge is 2.45. The summed E-state index contributed by atoms with van der Waals surface area (Å²) in [6.07, 6.45) is 12.1. The van der Waals surface area contributed by atoms with Crippen LogP contribution < -0.4 is 0 Å². The molecule has 0 N–H and O–H groups in total. The van der Waals surface area contributed by atoms with E-state index in [1.807, 2.05) is 0 Å². The van der Waals surface area contributed by atoms with E-state index >= 15 is 0 Å². The second kappa shape index (κ2) is 10.7. The van der Waals surface area contributed by atoms with Gasteiger partial charge in [0.25, 0.3) is 0 Å². The number of hydrogen-bond donors (Lipinski definition) is 0. The van der Waals surface area contributed by atoms with Gasteiger partial charge in [0.05, 0.1) is 6.04 Å². The zero-order chi connectivity index (χ0) is 19.0. The second-order valence-corrected chi connectivity index (χ2v) is 9.64. The lowest BCUT2D eigenvalue weighted by Gasteiger charge is -2.48. The molecule has 1 aliphatic carbocycles. The predicted molar refractivity (Wildman–Crippen MR) is 115 cm³/mol. The summed E-state index contributed by atoms with van der Waals surface area (Å²) in [6.45, 7) is 19.3. The molecule has 0 aromatic heterocycles. The third-order valence-corrected chi connectivity index (χ3v) is 7.46. The first kappa shape index (κ1) is 22.7. The Morgan fingerprint density at radius 1 is 1.04 bits per heavy atom. The molecule has 2 unspecified atom stereocenters. The Morgan fingerprint density at radius 3 is 2.12 bits per heavy atom. The molecule has 0 bridgehead atoms. The summed E-state index contributed by atoms with van der Waals surface area (Å²) in [5, 5.41) is 0. The highest BCUT2D eigenvalue weighted by atomic mass is 14.9. The summed E-state index contributed by atoms with van der Waals surface area (Å²) < 4.78 is 0. The molecule has 0 amide bonds. The van der Waals surface area contributed by atoms with Crippen LogP contribution in [0.3, 0.4) is 0 Å². The van der Waals surface area contributed by atoms with Crippen molar-refractivity contribution in [3.8, 4) is 0 Å². The number of aliphatic imine (C=N–C) groups is 1. The molecule has 0 aromatic rings. The van der Waals surface area contributed by atoms with Crippen LogP contribution in [0.4, 0.5) is 0 Å². The van der Waals surface area contributed by atoms with E-state index in [9.17, 15) is 0 Å². The molecule has 25 heavy (non-hydrogen) atoms. The average Bonchev–Trinajstić information content (AvgIpc) is 2.59. The summed E-state index contributed by atoms with van der Waals surface area (Å²) in [5.41, 5.74) is 1.72. The molecule has 0 aliphatic heterocycles. The van der Waals surface area contributed by atoms with Gasteiger partial charge < -0.3 is 0 Å². The van der Waals surface area contributed by atoms with Gasteiger partial charge in [0, 0.05) is 5.71 Å². The lowest BCUT2D eigenvalue weighted by molar-refractivity contribution is 0.0438. The molecule has 4 atom stereocenters. The van der Waals surface area contributed by atoms with E-state index in [-0.39, 0.29) is 0 Å². The Morgan fingerprint density at radius 2 is 1.64 bits per heavy atom. The molecule has 1 aliphatic rings. The van der Waals surface area contributed by atoms with Crippen molar-refractivity contribution in [1.82, 2.24) is 0 Å². The fourth-order valence-electron chi connectivity index (χ4n) is 5.09. The first-order chi connectivity index (χ1) is 11.8. The maximum atomic E-state index is 5.50. The van der Waals surface area contributed by atoms with Crippen LogP contribution in [-0.4, -0.2) is 11.8 Å². The van der Waals surface area contributed by atoms with Crippen molar-refractivity contribution < 1.29 is 0 Å². The minimum atomic E-state index is 0.314. The van der Waals surface area contributed by atoms with Crippen LogP contribution in [0, 0.1) is 29.1 Å². The molecule has 1 saturated carbocycles. The van der Waals surface area contributed by atoms with Crippen molar-refractivity contribution in [3.05, 3.63) is 0 Å². The van der Waals surface area contributed by atoms with Crippen molar-refractivity contribution in [1.29, 1.82) is 0 Å². The minimum absolute atomic E-state index is 0.314. The quantitative estimate of drug-likeness (QED) is 0.355.